The predicted octanol–water partition coefficient (Wildman–Crippen LogP) is 1.68. The molecular formula is C13H21NO2. The molecule has 0 aliphatic rings. The molecule has 0 radical (unpaired) electrons. The first-order valence-electron chi connectivity index (χ1n) is 5.77. The van der Waals surface area contributed by atoms with Gasteiger partial charge in [0.05, 0.1) is 6.10 Å². The molecule has 1 aromatic rings. The minimum Gasteiger partial charge on any atom is -0.508 e. The monoisotopic (exact) mass is 223 g/mol. The lowest BCUT2D eigenvalue weighted by atomic mass is 10.1. The smallest absolute Gasteiger partial charge is 0.115 e. The Morgan fingerprint density at radius 1 is 1.19 bits per heavy atom. The van der Waals surface area contributed by atoms with E-state index >= 15 is 0 Å². The van der Waals surface area contributed by atoms with Gasteiger partial charge in [0.1, 0.15) is 5.75 Å². The van der Waals surface area contributed by atoms with E-state index < -0.39 is 0 Å². The number of aromatic hydroxyl groups is 1. The number of nitrogens with one attached hydrogen (secondary N) is 1. The van der Waals surface area contributed by atoms with Crippen LogP contribution in [0.5, 0.6) is 5.75 Å². The highest BCUT2D eigenvalue weighted by atomic mass is 16.3. The molecular weight excluding hydrogens is 202 g/mol. The highest BCUT2D eigenvalue weighted by Crippen LogP contribution is 2.11. The first-order chi connectivity index (χ1) is 7.58. The van der Waals surface area contributed by atoms with Gasteiger partial charge in [-0.15, -0.1) is 0 Å². The van der Waals surface area contributed by atoms with Crippen LogP contribution in [0.1, 0.15) is 25.8 Å². The molecule has 0 spiro atoms. The largest absolute Gasteiger partial charge is 0.508 e. The number of benzene rings is 1. The summed E-state index contributed by atoms with van der Waals surface area (Å²) in [6, 6.07) is 7.66. The van der Waals surface area contributed by atoms with Crippen molar-refractivity contribution in [2.75, 3.05) is 6.54 Å². The van der Waals surface area contributed by atoms with Crippen molar-refractivity contribution in [1.29, 1.82) is 0 Å². The molecule has 3 nitrogen and oxygen atoms in total. The molecule has 0 aliphatic heterocycles. The van der Waals surface area contributed by atoms with Crippen LogP contribution < -0.4 is 5.32 Å². The van der Waals surface area contributed by atoms with E-state index in [0.717, 1.165) is 19.4 Å². The van der Waals surface area contributed by atoms with Crippen molar-refractivity contribution in [3.8, 4) is 5.75 Å². The second-order valence-electron chi connectivity index (χ2n) is 4.36. The van der Waals surface area contributed by atoms with E-state index in [9.17, 15) is 0 Å². The van der Waals surface area contributed by atoms with Gasteiger partial charge in [-0.3, -0.25) is 0 Å². The second-order valence-corrected chi connectivity index (χ2v) is 4.36. The van der Waals surface area contributed by atoms with E-state index in [1.54, 1.807) is 19.1 Å². The third-order valence-corrected chi connectivity index (χ3v) is 2.53. The van der Waals surface area contributed by atoms with Crippen molar-refractivity contribution in [2.45, 2.75) is 38.8 Å². The van der Waals surface area contributed by atoms with Gasteiger partial charge in [-0.1, -0.05) is 12.1 Å². The summed E-state index contributed by atoms with van der Waals surface area (Å²) in [7, 11) is 0. The third kappa shape index (κ3) is 5.14. The van der Waals surface area contributed by atoms with E-state index in [-0.39, 0.29) is 6.10 Å². The van der Waals surface area contributed by atoms with E-state index in [0.29, 0.717) is 11.8 Å². The summed E-state index contributed by atoms with van der Waals surface area (Å²) in [6.45, 7) is 4.75. The number of rotatable bonds is 6. The van der Waals surface area contributed by atoms with Crippen molar-refractivity contribution in [3.63, 3.8) is 0 Å². The summed E-state index contributed by atoms with van der Waals surface area (Å²) in [4.78, 5) is 0. The minimum atomic E-state index is -0.242. The number of phenols is 1. The van der Waals surface area contributed by atoms with Crippen LogP contribution in [0, 0.1) is 0 Å². The molecule has 0 amide bonds. The normalized spacial score (nSPS) is 14.7. The summed E-state index contributed by atoms with van der Waals surface area (Å²) >= 11 is 0. The first kappa shape index (κ1) is 13.0. The zero-order chi connectivity index (χ0) is 12.0. The zero-order valence-electron chi connectivity index (χ0n) is 9.98. The SMILES string of the molecule is CC(O)CCNC(C)Cc1ccc(O)cc1. The van der Waals surface area contributed by atoms with Gasteiger partial charge in [-0.25, -0.2) is 0 Å². The summed E-state index contributed by atoms with van der Waals surface area (Å²) < 4.78 is 0. The number of hydrogen-bond donors (Lipinski definition) is 3. The minimum absolute atomic E-state index is 0.242. The average molecular weight is 223 g/mol. The zero-order valence-corrected chi connectivity index (χ0v) is 9.98. The van der Waals surface area contributed by atoms with Gasteiger partial charge in [0.2, 0.25) is 0 Å². The van der Waals surface area contributed by atoms with Crippen LogP contribution in [0.2, 0.25) is 0 Å². The fourth-order valence-corrected chi connectivity index (χ4v) is 1.60. The molecule has 3 heteroatoms. The summed E-state index contributed by atoms with van der Waals surface area (Å²) in [5.74, 6) is 0.304. The Labute approximate surface area is 97.1 Å². The molecule has 0 aliphatic carbocycles. The molecule has 1 rings (SSSR count). The van der Waals surface area contributed by atoms with Crippen LogP contribution in [-0.2, 0) is 6.42 Å². The van der Waals surface area contributed by atoms with Crippen molar-refractivity contribution in [2.24, 2.45) is 0 Å². The predicted molar refractivity (Wildman–Crippen MR) is 65.6 cm³/mol. The molecule has 2 unspecified atom stereocenters. The van der Waals surface area contributed by atoms with Crippen LogP contribution in [-0.4, -0.2) is 28.9 Å². The molecule has 2 atom stereocenters. The van der Waals surface area contributed by atoms with Gasteiger partial charge in [0.15, 0.2) is 0 Å². The van der Waals surface area contributed by atoms with Gasteiger partial charge >= 0.3 is 0 Å². The maximum atomic E-state index is 9.15. The van der Waals surface area contributed by atoms with Crippen molar-refractivity contribution < 1.29 is 10.2 Å². The van der Waals surface area contributed by atoms with Gasteiger partial charge in [0.25, 0.3) is 0 Å². The van der Waals surface area contributed by atoms with Crippen LogP contribution in [0.3, 0.4) is 0 Å². The quantitative estimate of drug-likeness (QED) is 0.688. The van der Waals surface area contributed by atoms with E-state index in [1.807, 2.05) is 12.1 Å². The standard InChI is InChI=1S/C13H21NO2/c1-10(14-8-7-11(2)15)9-12-3-5-13(16)6-4-12/h3-6,10-11,14-16H,7-9H2,1-2H3. The lowest BCUT2D eigenvalue weighted by Gasteiger charge is -2.14. The van der Waals surface area contributed by atoms with Gasteiger partial charge in [-0.05, 0) is 50.9 Å². The molecule has 16 heavy (non-hydrogen) atoms. The first-order valence-corrected chi connectivity index (χ1v) is 5.77. The average Bonchev–Trinajstić information content (AvgIpc) is 2.21. The highest BCUT2D eigenvalue weighted by molar-refractivity contribution is 5.26. The summed E-state index contributed by atoms with van der Waals surface area (Å²) in [6.07, 6.45) is 1.47. The fourth-order valence-electron chi connectivity index (χ4n) is 1.60. The molecule has 0 bridgehead atoms. The van der Waals surface area contributed by atoms with Gasteiger partial charge in [-0.2, -0.15) is 0 Å². The van der Waals surface area contributed by atoms with Crippen LogP contribution >= 0.6 is 0 Å². The van der Waals surface area contributed by atoms with E-state index in [2.05, 4.69) is 12.2 Å². The molecule has 0 saturated heterocycles. The van der Waals surface area contributed by atoms with Crippen molar-refractivity contribution >= 4 is 0 Å². The Morgan fingerprint density at radius 3 is 2.38 bits per heavy atom. The molecule has 1 aromatic carbocycles. The second kappa shape index (κ2) is 6.51. The number of aliphatic hydroxyl groups excluding tert-OH is 1. The highest BCUT2D eigenvalue weighted by Gasteiger charge is 2.03. The van der Waals surface area contributed by atoms with Crippen LogP contribution in [0.25, 0.3) is 0 Å². The fraction of sp³-hybridized carbons (Fsp3) is 0.538. The lowest BCUT2D eigenvalue weighted by molar-refractivity contribution is 0.182. The lowest BCUT2D eigenvalue weighted by Crippen LogP contribution is -2.30. The Hall–Kier alpha value is -1.06. The Morgan fingerprint density at radius 2 is 1.81 bits per heavy atom. The van der Waals surface area contributed by atoms with Crippen LogP contribution in [0.4, 0.5) is 0 Å². The van der Waals surface area contributed by atoms with Gasteiger partial charge in [0, 0.05) is 6.04 Å². The Bertz CT molecular complexity index is 295. The maximum absolute atomic E-state index is 9.15. The molecule has 90 valence electrons. The maximum Gasteiger partial charge on any atom is 0.115 e. The topological polar surface area (TPSA) is 52.5 Å². The van der Waals surface area contributed by atoms with Crippen molar-refractivity contribution in [3.05, 3.63) is 29.8 Å². The molecule has 0 saturated carbocycles. The van der Waals surface area contributed by atoms with Gasteiger partial charge < -0.3 is 15.5 Å². The summed E-state index contributed by atoms with van der Waals surface area (Å²) in [5, 5.41) is 21.6. The third-order valence-electron chi connectivity index (χ3n) is 2.53. The van der Waals surface area contributed by atoms with E-state index in [1.165, 1.54) is 5.56 Å². The number of hydrogen-bond acceptors (Lipinski definition) is 3. The number of aliphatic hydroxyl groups is 1. The van der Waals surface area contributed by atoms with Crippen LogP contribution in [0.15, 0.2) is 24.3 Å². The molecule has 0 aromatic heterocycles. The molecule has 0 heterocycles. The van der Waals surface area contributed by atoms with Crippen molar-refractivity contribution in [1.82, 2.24) is 5.32 Å². The molecule has 3 N–H and O–H groups in total. The Kier molecular flexibility index (Phi) is 5.29. The molecule has 0 fully saturated rings. The van der Waals surface area contributed by atoms with E-state index in [4.69, 9.17) is 10.2 Å². The summed E-state index contributed by atoms with van der Waals surface area (Å²) in [5.41, 5.74) is 1.20. The Balaban J connectivity index is 2.28. The number of phenolic OH excluding ortho intramolecular Hbond substituents is 1.